The van der Waals surface area contributed by atoms with Crippen LogP contribution in [0.4, 0.5) is 0 Å². The predicted octanol–water partition coefficient (Wildman–Crippen LogP) is 3.69. The van der Waals surface area contributed by atoms with E-state index in [1.807, 2.05) is 0 Å². The van der Waals surface area contributed by atoms with Gasteiger partial charge >= 0.3 is 23.9 Å². The molecule has 1 aliphatic heterocycles. The Morgan fingerprint density at radius 2 is 1.43 bits per heavy atom. The zero-order valence-corrected chi connectivity index (χ0v) is 36.8. The lowest BCUT2D eigenvalue weighted by Gasteiger charge is -2.67. The van der Waals surface area contributed by atoms with Gasteiger partial charge in [0.15, 0.2) is 11.4 Å². The molecular formula is C49H53NO15. The highest BCUT2D eigenvalue weighted by atomic mass is 16.6. The van der Waals surface area contributed by atoms with Gasteiger partial charge < -0.3 is 44.3 Å². The molecule has 0 spiro atoms. The number of nitrogens with one attached hydrogen (secondary N) is 1. The lowest BCUT2D eigenvalue weighted by atomic mass is 9.44. The van der Waals surface area contributed by atoms with Crippen LogP contribution in [-0.4, -0.2) is 111 Å². The van der Waals surface area contributed by atoms with E-state index in [9.17, 15) is 44.1 Å². The zero-order valence-electron chi connectivity index (χ0n) is 36.8. The third-order valence-electron chi connectivity index (χ3n) is 13.8. The van der Waals surface area contributed by atoms with Crippen LogP contribution in [-0.2, 0) is 47.7 Å². The van der Waals surface area contributed by atoms with Gasteiger partial charge in [-0.1, -0.05) is 80.6 Å². The Balaban J connectivity index is 1.38. The maximum absolute atomic E-state index is 15.1. The Hall–Kier alpha value is -6.07. The number of ether oxygens (including phenoxy) is 5. The standard InChI is InChI=1S/C49H53NO15/c1-26(51)22-35(54)63-39(37(29-16-10-7-11-17-29)50-43(57)30-18-12-8-13-19-30)45(59)62-32-24-49(60)42(64-44(58)31-20-14-9-15-21-31)40-47(6,41(56)38(55)36(27(32)2)46(49,4)5)33(53)23-34-48(40,25-61-34)65-28(3)52/h7-21,32-34,37-40,42,53,55,60H,22-25H2,1-6H3,(H,50,57)/t32-,33-,34+,37-,38+,39+,40?,42?,47+,48-,49+/m0/s1. The maximum atomic E-state index is 15.1. The van der Waals surface area contributed by atoms with Crippen molar-refractivity contribution < 1.29 is 72.6 Å². The predicted molar refractivity (Wildman–Crippen MR) is 227 cm³/mol. The lowest BCUT2D eigenvalue weighted by molar-refractivity contribution is -0.346. The van der Waals surface area contributed by atoms with Crippen molar-refractivity contribution in [2.24, 2.45) is 16.7 Å². The Morgan fingerprint density at radius 3 is 1.98 bits per heavy atom. The first-order valence-electron chi connectivity index (χ1n) is 21.4. The van der Waals surface area contributed by atoms with Crippen molar-refractivity contribution in [3.63, 3.8) is 0 Å². The number of amides is 1. The Labute approximate surface area is 375 Å². The molecule has 3 fully saturated rings. The molecule has 11 atom stereocenters. The average molecular weight is 896 g/mol. The summed E-state index contributed by atoms with van der Waals surface area (Å²) in [7, 11) is 0. The van der Waals surface area contributed by atoms with Gasteiger partial charge in [0, 0.05) is 30.7 Å². The molecular weight excluding hydrogens is 843 g/mol. The Morgan fingerprint density at radius 1 is 0.846 bits per heavy atom. The number of rotatable bonds is 12. The number of hydrogen-bond donors (Lipinski definition) is 4. The van der Waals surface area contributed by atoms with Crippen molar-refractivity contribution in [1.82, 2.24) is 5.32 Å². The molecule has 344 valence electrons. The number of carbonyl (C=O) groups excluding carboxylic acids is 7. The van der Waals surface area contributed by atoms with Gasteiger partial charge in [-0.3, -0.25) is 24.0 Å². The van der Waals surface area contributed by atoms with Crippen molar-refractivity contribution in [2.45, 2.75) is 115 Å². The largest absolute Gasteiger partial charge is 0.455 e. The number of Topliss-reactive ketones (excluding diaryl/α,β-unsaturated/α-hetero) is 2. The number of benzene rings is 3. The van der Waals surface area contributed by atoms with Crippen molar-refractivity contribution in [1.29, 1.82) is 0 Å². The van der Waals surface area contributed by atoms with Gasteiger partial charge in [0.2, 0.25) is 6.10 Å². The summed E-state index contributed by atoms with van der Waals surface area (Å²) >= 11 is 0. The van der Waals surface area contributed by atoms with Gasteiger partial charge in [-0.2, -0.15) is 0 Å². The summed E-state index contributed by atoms with van der Waals surface area (Å²) in [5.41, 5.74) is -7.44. The van der Waals surface area contributed by atoms with Crippen LogP contribution >= 0.6 is 0 Å². The molecule has 16 nitrogen and oxygen atoms in total. The van der Waals surface area contributed by atoms with E-state index in [0.717, 1.165) is 13.8 Å². The van der Waals surface area contributed by atoms with E-state index in [0.29, 0.717) is 5.56 Å². The molecule has 2 saturated carbocycles. The summed E-state index contributed by atoms with van der Waals surface area (Å²) < 4.78 is 30.2. The van der Waals surface area contributed by atoms with Crippen LogP contribution in [0, 0.1) is 16.7 Å². The molecule has 1 saturated heterocycles. The summed E-state index contributed by atoms with van der Waals surface area (Å²) in [6.45, 7) is 7.86. The number of hydrogen-bond acceptors (Lipinski definition) is 15. The number of fused-ring (bicyclic) bond motifs is 5. The highest BCUT2D eigenvalue weighted by Gasteiger charge is 2.78. The van der Waals surface area contributed by atoms with Crippen LogP contribution in [0.5, 0.6) is 0 Å². The van der Waals surface area contributed by atoms with Crippen LogP contribution in [0.1, 0.15) is 93.1 Å². The minimum absolute atomic E-state index is 0.0498. The van der Waals surface area contributed by atoms with Crippen molar-refractivity contribution >= 4 is 41.4 Å². The summed E-state index contributed by atoms with van der Waals surface area (Å²) in [5, 5.41) is 40.7. The molecule has 4 N–H and O–H groups in total. The van der Waals surface area contributed by atoms with Crippen LogP contribution in [0.3, 0.4) is 0 Å². The Bertz CT molecular complexity index is 2400. The molecule has 2 bridgehead atoms. The van der Waals surface area contributed by atoms with Gasteiger partial charge in [0.25, 0.3) is 5.91 Å². The zero-order chi connectivity index (χ0) is 47.2. The van der Waals surface area contributed by atoms with Gasteiger partial charge in [-0.05, 0) is 61.7 Å². The molecule has 2 unspecified atom stereocenters. The molecule has 1 amide bonds. The van der Waals surface area contributed by atoms with E-state index in [1.165, 1.54) is 52.0 Å². The number of esters is 4. The summed E-state index contributed by atoms with van der Waals surface area (Å²) in [4.78, 5) is 96.4. The maximum Gasteiger partial charge on any atom is 0.350 e. The van der Waals surface area contributed by atoms with E-state index >= 15 is 4.79 Å². The number of aliphatic hydroxyl groups excluding tert-OH is 2. The molecule has 7 rings (SSSR count). The van der Waals surface area contributed by atoms with Gasteiger partial charge in [-0.25, -0.2) is 9.59 Å². The third kappa shape index (κ3) is 8.17. The second kappa shape index (κ2) is 17.7. The molecule has 3 aliphatic carbocycles. The van der Waals surface area contributed by atoms with Crippen LogP contribution in [0.15, 0.2) is 102 Å². The molecule has 3 aromatic rings. The molecule has 0 radical (unpaired) electrons. The third-order valence-corrected chi connectivity index (χ3v) is 13.8. The fraction of sp³-hybridized carbons (Fsp3) is 0.449. The fourth-order valence-corrected chi connectivity index (χ4v) is 10.4. The number of carbonyl (C=O) groups is 7. The van der Waals surface area contributed by atoms with E-state index < -0.39 is 125 Å². The molecule has 1 heterocycles. The van der Waals surface area contributed by atoms with Crippen molar-refractivity contribution in [3.8, 4) is 0 Å². The molecule has 3 aromatic carbocycles. The van der Waals surface area contributed by atoms with Gasteiger partial charge in [0.05, 0.1) is 29.6 Å². The molecule has 65 heavy (non-hydrogen) atoms. The van der Waals surface area contributed by atoms with E-state index in [1.54, 1.807) is 66.7 Å². The quantitative estimate of drug-likeness (QED) is 0.0878. The van der Waals surface area contributed by atoms with Crippen molar-refractivity contribution in [3.05, 3.63) is 119 Å². The normalized spacial score (nSPS) is 30.9. The Kier molecular flexibility index (Phi) is 12.8. The topological polar surface area (TPSA) is 238 Å². The summed E-state index contributed by atoms with van der Waals surface area (Å²) in [5.74, 6) is -7.88. The van der Waals surface area contributed by atoms with E-state index in [2.05, 4.69) is 5.32 Å². The first-order valence-corrected chi connectivity index (χ1v) is 21.4. The highest BCUT2D eigenvalue weighted by molar-refractivity contribution is 5.97. The van der Waals surface area contributed by atoms with Crippen LogP contribution in [0.25, 0.3) is 0 Å². The lowest BCUT2D eigenvalue weighted by Crippen LogP contribution is -2.81. The van der Waals surface area contributed by atoms with Crippen molar-refractivity contribution in [2.75, 3.05) is 6.61 Å². The SMILES string of the molecule is CC(=O)CC(=O)O[C@@H](C(=O)O[C@H]1C[C@@]2(O)C(OC(=O)c3ccccc3)C3[C@](C)(C(=O)[C@H](O)C(=C1C)C2(C)C)[C@@H](O)C[C@H]1OC[C@@]31OC(C)=O)[C@@H](NC(=O)c1ccccc1)c1ccccc1. The molecule has 0 aromatic heterocycles. The molecule has 4 aliphatic rings. The smallest absolute Gasteiger partial charge is 0.350 e. The van der Waals surface area contributed by atoms with Gasteiger partial charge in [-0.15, -0.1) is 0 Å². The average Bonchev–Trinajstić information content (AvgIpc) is 3.26. The monoisotopic (exact) mass is 895 g/mol. The van der Waals surface area contributed by atoms with E-state index in [-0.39, 0.29) is 35.3 Å². The van der Waals surface area contributed by atoms with Crippen LogP contribution < -0.4 is 5.32 Å². The summed E-state index contributed by atoms with van der Waals surface area (Å²) in [6.07, 6.45) is -11.6. The number of ketones is 2. The first-order chi connectivity index (χ1) is 30.7. The molecule has 16 heteroatoms. The summed E-state index contributed by atoms with van der Waals surface area (Å²) in [6, 6.07) is 22.5. The van der Waals surface area contributed by atoms with Crippen LogP contribution in [0.2, 0.25) is 0 Å². The second-order valence-electron chi connectivity index (χ2n) is 18.1. The minimum atomic E-state index is -2.43. The fourth-order valence-electron chi connectivity index (χ4n) is 10.4. The van der Waals surface area contributed by atoms with Gasteiger partial charge in [0.1, 0.15) is 48.3 Å². The second-order valence-corrected chi connectivity index (χ2v) is 18.1. The highest BCUT2D eigenvalue weighted by Crippen LogP contribution is 2.64. The number of aliphatic hydroxyl groups is 3. The van der Waals surface area contributed by atoms with E-state index in [4.69, 9.17) is 23.7 Å². The minimum Gasteiger partial charge on any atom is -0.455 e. The first kappa shape index (κ1) is 46.9.